The van der Waals surface area contributed by atoms with Crippen molar-refractivity contribution in [2.45, 2.75) is 19.4 Å². The van der Waals surface area contributed by atoms with Gasteiger partial charge in [-0.3, -0.25) is 0 Å². The summed E-state index contributed by atoms with van der Waals surface area (Å²) in [6.45, 7) is 7.37. The molecule has 4 nitrogen and oxygen atoms in total. The fourth-order valence-corrected chi connectivity index (χ4v) is 2.17. The molecule has 1 saturated heterocycles. The number of hydrogen-bond acceptors (Lipinski definition) is 4. The van der Waals surface area contributed by atoms with Crippen LogP contribution in [0.25, 0.3) is 0 Å². The molecule has 2 rings (SSSR count). The summed E-state index contributed by atoms with van der Waals surface area (Å²) >= 11 is 0. The van der Waals surface area contributed by atoms with Gasteiger partial charge in [0.2, 0.25) is 0 Å². The normalized spacial score (nSPS) is 19.3. The molecular weight excluding hydrogens is 240 g/mol. The van der Waals surface area contributed by atoms with Gasteiger partial charge in [-0.2, -0.15) is 0 Å². The van der Waals surface area contributed by atoms with Crippen molar-refractivity contribution in [3.05, 3.63) is 29.8 Å². The van der Waals surface area contributed by atoms with E-state index in [1.807, 2.05) is 19.1 Å². The highest BCUT2D eigenvalue weighted by Crippen LogP contribution is 2.12. The molecule has 0 aromatic heterocycles. The van der Waals surface area contributed by atoms with Crippen molar-refractivity contribution in [2.24, 2.45) is 0 Å². The van der Waals surface area contributed by atoms with Gasteiger partial charge >= 0.3 is 0 Å². The molecule has 1 heterocycles. The molecule has 1 fully saturated rings. The van der Waals surface area contributed by atoms with Gasteiger partial charge < -0.3 is 20.1 Å². The van der Waals surface area contributed by atoms with E-state index >= 15 is 0 Å². The Bertz CT molecular complexity index is 348. The number of ether oxygens (including phenoxy) is 2. The molecule has 0 amide bonds. The first-order valence-corrected chi connectivity index (χ1v) is 7.13. The predicted molar refractivity (Wildman–Crippen MR) is 76.8 cm³/mol. The topological polar surface area (TPSA) is 42.5 Å². The average Bonchev–Trinajstić information content (AvgIpc) is 2.47. The summed E-state index contributed by atoms with van der Waals surface area (Å²) in [4.78, 5) is 0. The Morgan fingerprint density at radius 1 is 1.37 bits per heavy atom. The van der Waals surface area contributed by atoms with Gasteiger partial charge in [-0.1, -0.05) is 12.1 Å². The van der Waals surface area contributed by atoms with E-state index in [9.17, 15) is 0 Å². The Hall–Kier alpha value is -1.10. The van der Waals surface area contributed by atoms with Gasteiger partial charge in [0, 0.05) is 19.6 Å². The molecule has 1 aliphatic rings. The molecule has 0 spiro atoms. The standard InChI is InChI=1S/C15H24N2O2/c1-2-18-14-5-3-13(4-6-14)7-8-16-11-15-12-17-9-10-19-15/h3-6,15-17H,2,7-12H2,1H3. The molecule has 1 aliphatic heterocycles. The minimum absolute atomic E-state index is 0.314. The van der Waals surface area contributed by atoms with Crippen LogP contribution in [0.5, 0.6) is 5.75 Å². The zero-order valence-electron chi connectivity index (χ0n) is 11.7. The molecule has 1 atom stereocenters. The molecule has 1 aromatic carbocycles. The summed E-state index contributed by atoms with van der Waals surface area (Å²) < 4.78 is 11.1. The van der Waals surface area contributed by atoms with Gasteiger partial charge in [0.05, 0.1) is 19.3 Å². The van der Waals surface area contributed by atoms with Gasteiger partial charge in [-0.25, -0.2) is 0 Å². The summed E-state index contributed by atoms with van der Waals surface area (Å²) in [6, 6.07) is 8.33. The van der Waals surface area contributed by atoms with Crippen LogP contribution in [0.2, 0.25) is 0 Å². The lowest BCUT2D eigenvalue weighted by atomic mass is 10.1. The van der Waals surface area contributed by atoms with E-state index in [2.05, 4.69) is 22.8 Å². The van der Waals surface area contributed by atoms with E-state index in [1.54, 1.807) is 0 Å². The first-order valence-electron chi connectivity index (χ1n) is 7.13. The van der Waals surface area contributed by atoms with Crippen LogP contribution in [-0.2, 0) is 11.2 Å². The third-order valence-electron chi connectivity index (χ3n) is 3.20. The number of benzene rings is 1. The number of morpholine rings is 1. The number of rotatable bonds is 7. The molecule has 0 saturated carbocycles. The summed E-state index contributed by atoms with van der Waals surface area (Å²) in [6.07, 6.45) is 1.35. The van der Waals surface area contributed by atoms with Crippen LogP contribution >= 0.6 is 0 Å². The summed E-state index contributed by atoms with van der Waals surface area (Å²) in [5, 5.41) is 6.78. The zero-order valence-corrected chi connectivity index (χ0v) is 11.7. The van der Waals surface area contributed by atoms with Crippen LogP contribution in [-0.4, -0.2) is 45.5 Å². The minimum Gasteiger partial charge on any atom is -0.494 e. The Balaban J connectivity index is 1.62. The first kappa shape index (κ1) is 14.3. The van der Waals surface area contributed by atoms with Crippen molar-refractivity contribution in [2.75, 3.05) is 39.4 Å². The van der Waals surface area contributed by atoms with Crippen molar-refractivity contribution < 1.29 is 9.47 Å². The number of hydrogen-bond donors (Lipinski definition) is 2. The highest BCUT2D eigenvalue weighted by atomic mass is 16.5. The second-order valence-electron chi connectivity index (χ2n) is 4.73. The Morgan fingerprint density at radius 2 is 2.21 bits per heavy atom. The average molecular weight is 264 g/mol. The fraction of sp³-hybridized carbons (Fsp3) is 0.600. The van der Waals surface area contributed by atoms with Gasteiger partial charge in [-0.15, -0.1) is 0 Å². The van der Waals surface area contributed by atoms with Gasteiger partial charge in [0.15, 0.2) is 0 Å². The maximum atomic E-state index is 5.63. The van der Waals surface area contributed by atoms with E-state index in [1.165, 1.54) is 5.56 Å². The molecule has 2 N–H and O–H groups in total. The van der Waals surface area contributed by atoms with Gasteiger partial charge in [-0.05, 0) is 37.6 Å². The number of nitrogens with one attached hydrogen (secondary N) is 2. The van der Waals surface area contributed by atoms with E-state index in [-0.39, 0.29) is 0 Å². The van der Waals surface area contributed by atoms with Crippen LogP contribution in [0.15, 0.2) is 24.3 Å². The Labute approximate surface area is 115 Å². The van der Waals surface area contributed by atoms with Crippen LogP contribution in [0.4, 0.5) is 0 Å². The largest absolute Gasteiger partial charge is 0.494 e. The van der Waals surface area contributed by atoms with Gasteiger partial charge in [0.25, 0.3) is 0 Å². The maximum Gasteiger partial charge on any atom is 0.119 e. The molecule has 0 radical (unpaired) electrons. The maximum absolute atomic E-state index is 5.63. The first-order chi connectivity index (χ1) is 9.38. The fourth-order valence-electron chi connectivity index (χ4n) is 2.17. The molecule has 19 heavy (non-hydrogen) atoms. The molecule has 1 unspecified atom stereocenters. The van der Waals surface area contributed by atoms with Crippen LogP contribution in [0.3, 0.4) is 0 Å². The van der Waals surface area contributed by atoms with E-state index in [0.29, 0.717) is 6.10 Å². The lowest BCUT2D eigenvalue weighted by molar-refractivity contribution is 0.0294. The van der Waals surface area contributed by atoms with Crippen molar-refractivity contribution in [1.29, 1.82) is 0 Å². The van der Waals surface area contributed by atoms with E-state index in [0.717, 1.165) is 51.6 Å². The van der Waals surface area contributed by atoms with Crippen molar-refractivity contribution >= 4 is 0 Å². The summed E-state index contributed by atoms with van der Waals surface area (Å²) in [5.74, 6) is 0.945. The molecule has 0 bridgehead atoms. The van der Waals surface area contributed by atoms with E-state index in [4.69, 9.17) is 9.47 Å². The van der Waals surface area contributed by atoms with E-state index < -0.39 is 0 Å². The summed E-state index contributed by atoms with van der Waals surface area (Å²) in [5.41, 5.74) is 1.33. The minimum atomic E-state index is 0.314. The molecular formula is C15H24N2O2. The third kappa shape index (κ3) is 5.19. The zero-order chi connectivity index (χ0) is 13.3. The van der Waals surface area contributed by atoms with Crippen LogP contribution in [0.1, 0.15) is 12.5 Å². The lowest BCUT2D eigenvalue weighted by Gasteiger charge is -2.23. The lowest BCUT2D eigenvalue weighted by Crippen LogP contribution is -2.44. The molecule has 0 aliphatic carbocycles. The van der Waals surface area contributed by atoms with Crippen LogP contribution < -0.4 is 15.4 Å². The SMILES string of the molecule is CCOc1ccc(CCNCC2CNCCO2)cc1. The second kappa shape index (κ2) is 8.15. The Kier molecular flexibility index (Phi) is 6.14. The van der Waals surface area contributed by atoms with Crippen molar-refractivity contribution in [3.8, 4) is 5.75 Å². The highest BCUT2D eigenvalue weighted by molar-refractivity contribution is 5.27. The van der Waals surface area contributed by atoms with Crippen molar-refractivity contribution in [1.82, 2.24) is 10.6 Å². The van der Waals surface area contributed by atoms with Crippen molar-refractivity contribution in [3.63, 3.8) is 0 Å². The third-order valence-corrected chi connectivity index (χ3v) is 3.20. The molecule has 106 valence electrons. The van der Waals surface area contributed by atoms with Gasteiger partial charge in [0.1, 0.15) is 5.75 Å². The predicted octanol–water partition coefficient (Wildman–Crippen LogP) is 1.21. The molecule has 1 aromatic rings. The molecule has 4 heteroatoms. The highest BCUT2D eigenvalue weighted by Gasteiger charge is 2.11. The Morgan fingerprint density at radius 3 is 2.89 bits per heavy atom. The summed E-state index contributed by atoms with van der Waals surface area (Å²) in [7, 11) is 0. The smallest absolute Gasteiger partial charge is 0.119 e. The van der Waals surface area contributed by atoms with Crippen LogP contribution in [0, 0.1) is 0 Å². The second-order valence-corrected chi connectivity index (χ2v) is 4.73. The quantitative estimate of drug-likeness (QED) is 0.726. The monoisotopic (exact) mass is 264 g/mol.